The van der Waals surface area contributed by atoms with Crippen molar-refractivity contribution in [3.05, 3.63) is 69.3 Å². The molecule has 0 atom stereocenters. The summed E-state index contributed by atoms with van der Waals surface area (Å²) in [6.07, 6.45) is 0. The van der Waals surface area contributed by atoms with Crippen LogP contribution >= 0.6 is 0 Å². The van der Waals surface area contributed by atoms with E-state index < -0.39 is 10.9 Å². The first-order valence-electron chi connectivity index (χ1n) is 6.29. The van der Waals surface area contributed by atoms with Gasteiger partial charge in [0.05, 0.1) is 16.2 Å². The number of non-ortho nitro benzene ring substituents is 1. The Morgan fingerprint density at radius 3 is 2.62 bits per heavy atom. The van der Waals surface area contributed by atoms with Gasteiger partial charge in [-0.05, 0) is 24.1 Å². The number of nitrogens with one attached hydrogen (secondary N) is 1. The fourth-order valence-electron chi connectivity index (χ4n) is 1.98. The number of carboxylic acid groups (broad SMARTS) is 1. The van der Waals surface area contributed by atoms with Gasteiger partial charge in [-0.15, -0.1) is 0 Å². The van der Waals surface area contributed by atoms with Crippen LogP contribution in [0.1, 0.15) is 21.5 Å². The largest absolute Gasteiger partial charge is 0.478 e. The Morgan fingerprint density at radius 1 is 1.29 bits per heavy atom. The summed E-state index contributed by atoms with van der Waals surface area (Å²) in [7, 11) is 0. The smallest absolute Gasteiger partial charge is 0.337 e. The van der Waals surface area contributed by atoms with Crippen molar-refractivity contribution >= 4 is 17.3 Å². The Hall–Kier alpha value is -2.89. The Morgan fingerprint density at radius 2 is 2.00 bits per heavy atom. The number of anilines is 1. The summed E-state index contributed by atoms with van der Waals surface area (Å²) in [6.45, 7) is 2.34. The number of carboxylic acids is 1. The summed E-state index contributed by atoms with van der Waals surface area (Å²) < 4.78 is 0. The third-order valence-electron chi connectivity index (χ3n) is 3.17. The fraction of sp³-hybridized carbons (Fsp3) is 0.133. The van der Waals surface area contributed by atoms with E-state index in [1.54, 1.807) is 0 Å². The lowest BCUT2D eigenvalue weighted by atomic mass is 10.1. The normalized spacial score (nSPS) is 10.1. The molecule has 0 radical (unpaired) electrons. The third kappa shape index (κ3) is 3.36. The van der Waals surface area contributed by atoms with E-state index in [1.807, 2.05) is 31.2 Å². The topological polar surface area (TPSA) is 92.5 Å². The van der Waals surface area contributed by atoms with Crippen LogP contribution in [0.3, 0.4) is 0 Å². The fourth-order valence-corrected chi connectivity index (χ4v) is 1.98. The maximum atomic E-state index is 11.2. The van der Waals surface area contributed by atoms with Crippen LogP contribution in [0.5, 0.6) is 0 Å². The molecule has 2 N–H and O–H groups in total. The lowest BCUT2D eigenvalue weighted by Crippen LogP contribution is -2.07. The lowest BCUT2D eigenvalue weighted by Gasteiger charge is -2.11. The van der Waals surface area contributed by atoms with Crippen molar-refractivity contribution in [1.29, 1.82) is 0 Å². The van der Waals surface area contributed by atoms with Crippen molar-refractivity contribution in [1.82, 2.24) is 0 Å². The van der Waals surface area contributed by atoms with Crippen molar-refractivity contribution in [3.63, 3.8) is 0 Å². The number of nitrogens with zero attached hydrogens (tertiary/aromatic N) is 1. The summed E-state index contributed by atoms with van der Waals surface area (Å²) in [4.78, 5) is 21.4. The number of benzene rings is 2. The molecule has 0 spiro atoms. The third-order valence-corrected chi connectivity index (χ3v) is 3.17. The first-order chi connectivity index (χ1) is 9.99. The first-order valence-corrected chi connectivity index (χ1v) is 6.29. The van der Waals surface area contributed by atoms with Gasteiger partial charge in [0.2, 0.25) is 0 Å². The van der Waals surface area contributed by atoms with Gasteiger partial charge in [-0.25, -0.2) is 4.79 Å². The van der Waals surface area contributed by atoms with E-state index in [2.05, 4.69) is 5.32 Å². The molecule has 6 heteroatoms. The number of hydrogen-bond acceptors (Lipinski definition) is 4. The van der Waals surface area contributed by atoms with Crippen LogP contribution in [0, 0.1) is 17.0 Å². The summed E-state index contributed by atoms with van der Waals surface area (Å²) in [6, 6.07) is 11.3. The van der Waals surface area contributed by atoms with Crippen molar-refractivity contribution in [2.24, 2.45) is 0 Å². The van der Waals surface area contributed by atoms with Gasteiger partial charge in [0, 0.05) is 18.7 Å². The van der Waals surface area contributed by atoms with E-state index in [1.165, 1.54) is 18.2 Å². The van der Waals surface area contributed by atoms with Gasteiger partial charge >= 0.3 is 5.97 Å². The molecule has 0 fully saturated rings. The summed E-state index contributed by atoms with van der Waals surface area (Å²) in [5, 5.41) is 22.9. The second-order valence-corrected chi connectivity index (χ2v) is 4.57. The zero-order chi connectivity index (χ0) is 15.4. The van der Waals surface area contributed by atoms with E-state index in [9.17, 15) is 14.9 Å². The molecule has 21 heavy (non-hydrogen) atoms. The number of hydrogen-bond donors (Lipinski definition) is 2. The van der Waals surface area contributed by atoms with E-state index >= 15 is 0 Å². The molecular formula is C15H14N2O4. The van der Waals surface area contributed by atoms with E-state index in [0.717, 1.165) is 11.1 Å². The van der Waals surface area contributed by atoms with Gasteiger partial charge in [0.25, 0.3) is 5.69 Å². The van der Waals surface area contributed by atoms with Crippen molar-refractivity contribution < 1.29 is 14.8 Å². The second kappa shape index (κ2) is 6.04. The molecular weight excluding hydrogens is 272 g/mol. The minimum Gasteiger partial charge on any atom is -0.478 e. The Balaban J connectivity index is 2.29. The van der Waals surface area contributed by atoms with Gasteiger partial charge in [-0.3, -0.25) is 10.1 Å². The van der Waals surface area contributed by atoms with E-state index in [4.69, 9.17) is 5.11 Å². The molecule has 0 amide bonds. The molecule has 0 saturated carbocycles. The van der Waals surface area contributed by atoms with Crippen LogP contribution < -0.4 is 5.32 Å². The molecule has 6 nitrogen and oxygen atoms in total. The van der Waals surface area contributed by atoms with Crippen LogP contribution in [0.2, 0.25) is 0 Å². The quantitative estimate of drug-likeness (QED) is 0.650. The highest BCUT2D eigenvalue weighted by Gasteiger charge is 2.15. The highest BCUT2D eigenvalue weighted by molar-refractivity contribution is 5.94. The van der Waals surface area contributed by atoms with Gasteiger partial charge in [0.1, 0.15) is 0 Å². The predicted octanol–water partition coefficient (Wildman–Crippen LogP) is 3.21. The number of carbonyl (C=O) groups is 1. The number of nitro groups is 1. The second-order valence-electron chi connectivity index (χ2n) is 4.57. The number of aromatic carboxylic acids is 1. The molecule has 0 aromatic heterocycles. The molecule has 2 aromatic rings. The Kier molecular flexibility index (Phi) is 4.18. The van der Waals surface area contributed by atoms with Crippen molar-refractivity contribution in [2.75, 3.05) is 5.32 Å². The van der Waals surface area contributed by atoms with Crippen LogP contribution in [-0.2, 0) is 6.54 Å². The van der Waals surface area contributed by atoms with Crippen LogP contribution in [0.4, 0.5) is 11.4 Å². The van der Waals surface area contributed by atoms with Crippen LogP contribution in [-0.4, -0.2) is 16.0 Å². The van der Waals surface area contributed by atoms with Crippen LogP contribution in [0.25, 0.3) is 0 Å². The van der Waals surface area contributed by atoms with Crippen molar-refractivity contribution in [2.45, 2.75) is 13.5 Å². The average Bonchev–Trinajstić information content (AvgIpc) is 2.46. The Bertz CT molecular complexity index is 698. The molecule has 0 heterocycles. The minimum absolute atomic E-state index is 0.00850. The molecule has 0 unspecified atom stereocenters. The van der Waals surface area contributed by atoms with Crippen LogP contribution in [0.15, 0.2) is 42.5 Å². The standard InChI is InChI=1S/C15H14N2O4/c1-10-4-2-3-5-11(10)9-16-14-8-12(17(20)21)6-7-13(14)15(18)19/h2-8,16H,9H2,1H3,(H,18,19). The zero-order valence-corrected chi connectivity index (χ0v) is 11.4. The van der Waals surface area contributed by atoms with E-state index in [0.29, 0.717) is 6.54 Å². The molecule has 0 aliphatic rings. The molecule has 0 aliphatic carbocycles. The maximum Gasteiger partial charge on any atom is 0.337 e. The number of nitro benzene ring substituents is 1. The molecule has 2 aromatic carbocycles. The molecule has 2 rings (SSSR count). The van der Waals surface area contributed by atoms with Gasteiger partial charge < -0.3 is 10.4 Å². The minimum atomic E-state index is -1.13. The lowest BCUT2D eigenvalue weighted by molar-refractivity contribution is -0.384. The summed E-state index contributed by atoms with van der Waals surface area (Å²) in [5.41, 5.74) is 2.16. The van der Waals surface area contributed by atoms with Gasteiger partial charge in [-0.2, -0.15) is 0 Å². The Labute approximate surface area is 121 Å². The monoisotopic (exact) mass is 286 g/mol. The van der Waals surface area contributed by atoms with Gasteiger partial charge in [0.15, 0.2) is 0 Å². The molecule has 0 saturated heterocycles. The maximum absolute atomic E-state index is 11.2. The highest BCUT2D eigenvalue weighted by Crippen LogP contribution is 2.23. The summed E-state index contributed by atoms with van der Waals surface area (Å²) >= 11 is 0. The summed E-state index contributed by atoms with van der Waals surface area (Å²) in [5.74, 6) is -1.13. The molecule has 0 aliphatic heterocycles. The van der Waals surface area contributed by atoms with Gasteiger partial charge in [-0.1, -0.05) is 24.3 Å². The number of aryl methyl sites for hydroxylation is 1. The van der Waals surface area contributed by atoms with E-state index in [-0.39, 0.29) is 16.9 Å². The average molecular weight is 286 g/mol. The number of rotatable bonds is 5. The van der Waals surface area contributed by atoms with Crippen molar-refractivity contribution in [3.8, 4) is 0 Å². The molecule has 0 bridgehead atoms. The highest BCUT2D eigenvalue weighted by atomic mass is 16.6. The predicted molar refractivity (Wildman–Crippen MR) is 78.6 cm³/mol. The first kappa shape index (κ1) is 14.5. The molecule has 108 valence electrons. The SMILES string of the molecule is Cc1ccccc1CNc1cc([N+](=O)[O-])ccc1C(=O)O. The zero-order valence-electron chi connectivity index (χ0n) is 11.4.